The highest BCUT2D eigenvalue weighted by Crippen LogP contribution is 2.32. The first-order valence-electron chi connectivity index (χ1n) is 6.20. The van der Waals surface area contributed by atoms with Crippen molar-refractivity contribution in [2.45, 2.75) is 19.4 Å². The van der Waals surface area contributed by atoms with Gasteiger partial charge in [-0.3, -0.25) is 4.79 Å². The molecule has 20 heavy (non-hydrogen) atoms. The second-order valence-corrected chi connectivity index (χ2v) is 5.58. The SMILES string of the molecule is CC(O)CN(C)CCC(=O)Nc1c(Cl)cc(N)cc1Cl. The number of carbonyl (C=O) groups excluding carboxylic acids is 1. The summed E-state index contributed by atoms with van der Waals surface area (Å²) in [4.78, 5) is 13.7. The standard InChI is InChI=1S/C13H19Cl2N3O2/c1-8(19)7-18(2)4-3-12(20)17-13-10(14)5-9(16)6-11(13)15/h5-6,8,19H,3-4,7,16H2,1-2H3,(H,17,20). The van der Waals surface area contributed by atoms with Gasteiger partial charge in [-0.1, -0.05) is 23.2 Å². The van der Waals surface area contributed by atoms with E-state index in [1.165, 1.54) is 12.1 Å². The van der Waals surface area contributed by atoms with Crippen molar-refractivity contribution in [3.8, 4) is 0 Å². The number of nitrogen functional groups attached to an aromatic ring is 1. The van der Waals surface area contributed by atoms with Gasteiger partial charge in [0.1, 0.15) is 0 Å². The molecule has 1 unspecified atom stereocenters. The molecule has 1 aromatic carbocycles. The average molecular weight is 320 g/mol. The van der Waals surface area contributed by atoms with Gasteiger partial charge in [-0.2, -0.15) is 0 Å². The van der Waals surface area contributed by atoms with E-state index in [0.717, 1.165) is 0 Å². The zero-order chi connectivity index (χ0) is 15.3. The van der Waals surface area contributed by atoms with Gasteiger partial charge in [0.05, 0.1) is 21.8 Å². The number of likely N-dealkylation sites (N-methyl/N-ethyl adjacent to an activating group) is 1. The molecule has 0 heterocycles. The van der Waals surface area contributed by atoms with Crippen molar-refractivity contribution >= 4 is 40.5 Å². The lowest BCUT2D eigenvalue weighted by Gasteiger charge is -2.18. The minimum atomic E-state index is -0.427. The minimum absolute atomic E-state index is 0.198. The third-order valence-electron chi connectivity index (χ3n) is 2.63. The monoisotopic (exact) mass is 319 g/mol. The first-order chi connectivity index (χ1) is 9.29. The Hall–Kier alpha value is -1.01. The lowest BCUT2D eigenvalue weighted by molar-refractivity contribution is -0.116. The molecule has 5 nitrogen and oxygen atoms in total. The van der Waals surface area contributed by atoms with Gasteiger partial charge in [0.25, 0.3) is 0 Å². The number of hydrogen-bond acceptors (Lipinski definition) is 4. The van der Waals surface area contributed by atoms with Crippen molar-refractivity contribution < 1.29 is 9.90 Å². The predicted molar refractivity (Wildman–Crippen MR) is 83.3 cm³/mol. The Kier molecular flexibility index (Phi) is 6.55. The maximum atomic E-state index is 11.8. The molecule has 0 aromatic heterocycles. The van der Waals surface area contributed by atoms with Gasteiger partial charge in [-0.15, -0.1) is 0 Å². The summed E-state index contributed by atoms with van der Waals surface area (Å²) >= 11 is 12.0. The molecule has 0 saturated heterocycles. The van der Waals surface area contributed by atoms with Crippen LogP contribution in [0.2, 0.25) is 10.0 Å². The second kappa shape index (κ2) is 7.69. The zero-order valence-electron chi connectivity index (χ0n) is 11.5. The number of hydrogen-bond donors (Lipinski definition) is 3. The summed E-state index contributed by atoms with van der Waals surface area (Å²) in [5, 5.41) is 12.5. The fourth-order valence-electron chi connectivity index (χ4n) is 1.75. The van der Waals surface area contributed by atoms with Crippen LogP contribution in [0.4, 0.5) is 11.4 Å². The predicted octanol–water partition coefficient (Wildman–Crippen LogP) is 2.22. The number of nitrogens with zero attached hydrogens (tertiary/aromatic N) is 1. The van der Waals surface area contributed by atoms with Crippen LogP contribution >= 0.6 is 23.2 Å². The van der Waals surface area contributed by atoms with Crippen LogP contribution < -0.4 is 11.1 Å². The van der Waals surface area contributed by atoms with Crippen LogP contribution in [-0.2, 0) is 4.79 Å². The highest BCUT2D eigenvalue weighted by atomic mass is 35.5. The molecule has 0 aliphatic rings. The zero-order valence-corrected chi connectivity index (χ0v) is 13.0. The van der Waals surface area contributed by atoms with Gasteiger partial charge < -0.3 is 21.1 Å². The molecule has 0 fully saturated rings. The number of aliphatic hydroxyl groups excluding tert-OH is 1. The van der Waals surface area contributed by atoms with Crippen molar-refractivity contribution in [2.24, 2.45) is 0 Å². The quantitative estimate of drug-likeness (QED) is 0.702. The molecule has 0 spiro atoms. The van der Waals surface area contributed by atoms with Gasteiger partial charge in [-0.05, 0) is 26.1 Å². The van der Waals surface area contributed by atoms with Crippen LogP contribution in [-0.4, -0.2) is 42.2 Å². The normalized spacial score (nSPS) is 12.5. The summed E-state index contributed by atoms with van der Waals surface area (Å²) in [6, 6.07) is 3.06. The molecule has 0 radical (unpaired) electrons. The summed E-state index contributed by atoms with van der Waals surface area (Å²) in [5.41, 5.74) is 6.40. The lowest BCUT2D eigenvalue weighted by Crippen LogP contribution is -2.30. The maximum Gasteiger partial charge on any atom is 0.225 e. The molecule has 1 aromatic rings. The van der Waals surface area contributed by atoms with Crippen molar-refractivity contribution in [1.82, 2.24) is 4.90 Å². The van der Waals surface area contributed by atoms with Crippen molar-refractivity contribution in [3.63, 3.8) is 0 Å². The van der Waals surface area contributed by atoms with Crippen LogP contribution in [0.15, 0.2) is 12.1 Å². The molecule has 0 aliphatic heterocycles. The van der Waals surface area contributed by atoms with E-state index >= 15 is 0 Å². The van der Waals surface area contributed by atoms with Gasteiger partial charge in [0.2, 0.25) is 5.91 Å². The van der Waals surface area contributed by atoms with E-state index in [0.29, 0.717) is 34.5 Å². The summed E-state index contributed by atoms with van der Waals surface area (Å²) in [6.07, 6.45) is -0.149. The smallest absolute Gasteiger partial charge is 0.225 e. The number of halogens is 2. The molecular weight excluding hydrogens is 301 g/mol. The molecule has 4 N–H and O–H groups in total. The number of nitrogens with two attached hydrogens (primary N) is 1. The fraction of sp³-hybridized carbons (Fsp3) is 0.462. The molecular formula is C13H19Cl2N3O2. The van der Waals surface area contributed by atoms with E-state index in [9.17, 15) is 9.90 Å². The first kappa shape index (κ1) is 17.0. The fourth-order valence-corrected chi connectivity index (χ4v) is 2.35. The van der Waals surface area contributed by atoms with E-state index in [1.54, 1.807) is 6.92 Å². The Labute approximate surface area is 128 Å². The number of carbonyl (C=O) groups is 1. The maximum absolute atomic E-state index is 11.8. The van der Waals surface area contributed by atoms with Crippen LogP contribution in [0.3, 0.4) is 0 Å². The molecule has 0 bridgehead atoms. The molecule has 0 aliphatic carbocycles. The van der Waals surface area contributed by atoms with E-state index in [2.05, 4.69) is 5.32 Å². The van der Waals surface area contributed by atoms with E-state index < -0.39 is 6.10 Å². The van der Waals surface area contributed by atoms with Crippen molar-refractivity contribution in [1.29, 1.82) is 0 Å². The van der Waals surface area contributed by atoms with Crippen LogP contribution in [0.1, 0.15) is 13.3 Å². The molecule has 1 atom stereocenters. The van der Waals surface area contributed by atoms with Gasteiger partial charge in [0.15, 0.2) is 0 Å². The molecule has 1 amide bonds. The number of amides is 1. The third kappa shape index (κ3) is 5.54. The minimum Gasteiger partial charge on any atom is -0.399 e. The highest BCUT2D eigenvalue weighted by molar-refractivity contribution is 6.40. The Morgan fingerprint density at radius 2 is 2.00 bits per heavy atom. The van der Waals surface area contributed by atoms with Gasteiger partial charge >= 0.3 is 0 Å². The summed E-state index contributed by atoms with van der Waals surface area (Å²) in [6.45, 7) is 2.74. The summed E-state index contributed by atoms with van der Waals surface area (Å²) in [7, 11) is 1.84. The first-order valence-corrected chi connectivity index (χ1v) is 6.96. The van der Waals surface area contributed by atoms with Crippen LogP contribution in [0.5, 0.6) is 0 Å². The third-order valence-corrected chi connectivity index (χ3v) is 3.22. The Balaban J connectivity index is 2.55. The molecule has 1 rings (SSSR count). The summed E-state index contributed by atoms with van der Waals surface area (Å²) in [5.74, 6) is -0.198. The van der Waals surface area contributed by atoms with Crippen LogP contribution in [0, 0.1) is 0 Å². The molecule has 7 heteroatoms. The Morgan fingerprint density at radius 3 is 2.50 bits per heavy atom. The Morgan fingerprint density at radius 1 is 1.45 bits per heavy atom. The number of benzene rings is 1. The Bertz CT molecular complexity index is 458. The van der Waals surface area contributed by atoms with E-state index in [4.69, 9.17) is 28.9 Å². The molecule has 112 valence electrons. The van der Waals surface area contributed by atoms with Crippen molar-refractivity contribution in [2.75, 3.05) is 31.2 Å². The van der Waals surface area contributed by atoms with Gasteiger partial charge in [0, 0.05) is 25.2 Å². The largest absolute Gasteiger partial charge is 0.399 e. The van der Waals surface area contributed by atoms with Crippen molar-refractivity contribution in [3.05, 3.63) is 22.2 Å². The van der Waals surface area contributed by atoms with E-state index in [1.807, 2.05) is 11.9 Å². The number of aliphatic hydroxyl groups is 1. The van der Waals surface area contributed by atoms with Crippen LogP contribution in [0.25, 0.3) is 0 Å². The molecule has 0 saturated carbocycles. The van der Waals surface area contributed by atoms with E-state index in [-0.39, 0.29) is 12.3 Å². The number of anilines is 2. The second-order valence-electron chi connectivity index (χ2n) is 4.77. The summed E-state index contributed by atoms with van der Waals surface area (Å²) < 4.78 is 0. The van der Waals surface area contributed by atoms with Gasteiger partial charge in [-0.25, -0.2) is 0 Å². The number of rotatable bonds is 6. The lowest BCUT2D eigenvalue weighted by atomic mass is 10.2. The topological polar surface area (TPSA) is 78.6 Å². The average Bonchev–Trinajstić information content (AvgIpc) is 2.30. The number of nitrogens with one attached hydrogen (secondary N) is 1. The highest BCUT2D eigenvalue weighted by Gasteiger charge is 2.12.